The molecule has 4 rings (SSSR count). The van der Waals surface area contributed by atoms with Crippen molar-refractivity contribution >= 4 is 22.9 Å². The predicted molar refractivity (Wildman–Crippen MR) is 137 cm³/mol. The maximum atomic E-state index is 13.7. The number of ether oxygens (including phenoxy) is 3. The maximum absolute atomic E-state index is 13.7. The summed E-state index contributed by atoms with van der Waals surface area (Å²) in [6.45, 7) is 1.00. The fourth-order valence-electron chi connectivity index (χ4n) is 4.54. The number of benzene rings is 2. The van der Waals surface area contributed by atoms with E-state index >= 15 is 0 Å². The summed E-state index contributed by atoms with van der Waals surface area (Å²) in [6, 6.07) is 10.3. The van der Waals surface area contributed by atoms with E-state index in [0.29, 0.717) is 41.9 Å². The van der Waals surface area contributed by atoms with Gasteiger partial charge in [0.05, 0.1) is 38.0 Å². The zero-order chi connectivity index (χ0) is 26.4. The van der Waals surface area contributed by atoms with Gasteiger partial charge in [0.15, 0.2) is 0 Å². The van der Waals surface area contributed by atoms with E-state index < -0.39 is 17.6 Å². The molecule has 0 saturated carbocycles. The summed E-state index contributed by atoms with van der Waals surface area (Å²) in [6.07, 6.45) is 5.36. The number of methoxy groups -OCH3 is 2. The molecule has 1 aromatic heterocycles. The molecular weight excluding hydrogens is 480 g/mol. The lowest BCUT2D eigenvalue weighted by atomic mass is 9.93. The molecule has 1 saturated heterocycles. The number of pyridine rings is 1. The highest BCUT2D eigenvalue weighted by atomic mass is 19.1. The fourth-order valence-corrected chi connectivity index (χ4v) is 4.54. The second-order valence-electron chi connectivity index (χ2n) is 9.00. The van der Waals surface area contributed by atoms with Crippen molar-refractivity contribution in [1.82, 2.24) is 10.3 Å². The van der Waals surface area contributed by atoms with Gasteiger partial charge in [-0.05, 0) is 55.2 Å². The lowest BCUT2D eigenvalue weighted by Crippen LogP contribution is -2.47. The number of aromatic nitrogens is 1. The molecule has 1 aliphatic rings. The van der Waals surface area contributed by atoms with Crippen molar-refractivity contribution in [3.63, 3.8) is 0 Å². The summed E-state index contributed by atoms with van der Waals surface area (Å²) in [7, 11) is 2.89. The number of esters is 1. The predicted octanol–water partition coefficient (Wildman–Crippen LogP) is 4.03. The van der Waals surface area contributed by atoms with Crippen LogP contribution in [0.1, 0.15) is 34.3 Å². The molecule has 3 aromatic rings. The Morgan fingerprint density at radius 3 is 2.78 bits per heavy atom. The number of nitrogens with zero attached hydrogens (tertiary/aromatic N) is 1. The first-order valence-corrected chi connectivity index (χ1v) is 12.2. The molecule has 2 unspecified atom stereocenters. The molecule has 0 amide bonds. The number of carbonyl (C=O) groups is 1. The van der Waals surface area contributed by atoms with Crippen molar-refractivity contribution in [3.05, 3.63) is 76.9 Å². The third kappa shape index (κ3) is 6.49. The summed E-state index contributed by atoms with van der Waals surface area (Å²) in [5.41, 5.74) is 8.74. The summed E-state index contributed by atoms with van der Waals surface area (Å²) < 4.78 is 43.3. The monoisotopic (exact) mass is 511 g/mol. The van der Waals surface area contributed by atoms with Gasteiger partial charge in [0.25, 0.3) is 0 Å². The molecule has 1 fully saturated rings. The van der Waals surface area contributed by atoms with Crippen molar-refractivity contribution in [1.29, 1.82) is 0 Å². The minimum absolute atomic E-state index is 0.129. The van der Waals surface area contributed by atoms with Gasteiger partial charge in [0.1, 0.15) is 11.6 Å². The van der Waals surface area contributed by atoms with Crippen LogP contribution < -0.4 is 15.8 Å². The molecule has 3 atom stereocenters. The van der Waals surface area contributed by atoms with Crippen molar-refractivity contribution in [3.8, 4) is 5.88 Å². The third-order valence-corrected chi connectivity index (χ3v) is 6.55. The molecule has 2 heterocycles. The Morgan fingerprint density at radius 1 is 1.22 bits per heavy atom. The van der Waals surface area contributed by atoms with E-state index in [-0.39, 0.29) is 23.8 Å². The number of carbonyl (C=O) groups excluding carboxylic acids is 1. The molecule has 2 aromatic carbocycles. The molecule has 196 valence electrons. The highest BCUT2D eigenvalue weighted by Gasteiger charge is 2.27. The van der Waals surface area contributed by atoms with E-state index in [1.165, 1.54) is 13.2 Å². The van der Waals surface area contributed by atoms with Gasteiger partial charge >= 0.3 is 5.97 Å². The summed E-state index contributed by atoms with van der Waals surface area (Å²) in [5.74, 6) is -0.921. The Kier molecular flexibility index (Phi) is 8.81. The third-order valence-electron chi connectivity index (χ3n) is 6.55. The van der Waals surface area contributed by atoms with Gasteiger partial charge in [0.2, 0.25) is 5.88 Å². The largest absolute Gasteiger partial charge is 0.481 e. The number of hydrogen-bond acceptors (Lipinski definition) is 7. The standard InChI is InChI=1S/C28H31F2N3O4/c1-35-26-12-9-21-22(28(34)36-2)8-5-18(27(21)33-26)15-24(31)25-11-7-20(16-37-25)32-13-3-4-17-14-19(29)6-10-23(17)30/h3-6,8-10,12,14,20,24-25,32H,7,11,13,15-16,31H2,1-2H3/b4-3+/t20?,24-,25?/m0/s1. The zero-order valence-corrected chi connectivity index (χ0v) is 20.9. The van der Waals surface area contributed by atoms with Crippen LogP contribution in [-0.4, -0.2) is 56.5 Å². The number of nitrogens with one attached hydrogen (secondary N) is 1. The molecule has 1 aliphatic heterocycles. The average molecular weight is 512 g/mol. The summed E-state index contributed by atoms with van der Waals surface area (Å²) in [4.78, 5) is 16.8. The topological polar surface area (TPSA) is 95.7 Å². The van der Waals surface area contributed by atoms with Gasteiger partial charge in [-0.15, -0.1) is 0 Å². The lowest BCUT2D eigenvalue weighted by molar-refractivity contribution is -0.0156. The number of fused-ring (bicyclic) bond motifs is 1. The quantitative estimate of drug-likeness (QED) is 0.419. The first kappa shape index (κ1) is 26.7. The van der Waals surface area contributed by atoms with Crippen LogP contribution in [0.15, 0.2) is 48.5 Å². The van der Waals surface area contributed by atoms with E-state index in [0.717, 1.165) is 30.5 Å². The van der Waals surface area contributed by atoms with Crippen LogP contribution in [0.4, 0.5) is 8.78 Å². The maximum Gasteiger partial charge on any atom is 0.338 e. The molecule has 0 aliphatic carbocycles. The lowest BCUT2D eigenvalue weighted by Gasteiger charge is -2.33. The summed E-state index contributed by atoms with van der Waals surface area (Å²) >= 11 is 0. The highest BCUT2D eigenvalue weighted by Crippen LogP contribution is 2.27. The fraction of sp³-hybridized carbons (Fsp3) is 0.357. The number of hydrogen-bond donors (Lipinski definition) is 2. The van der Waals surface area contributed by atoms with Crippen molar-refractivity contribution in [2.45, 2.75) is 37.5 Å². The Hall–Kier alpha value is -3.40. The Labute approximate surface area is 214 Å². The van der Waals surface area contributed by atoms with E-state index in [4.69, 9.17) is 19.9 Å². The van der Waals surface area contributed by atoms with Crippen LogP contribution in [0, 0.1) is 11.6 Å². The molecule has 0 spiro atoms. The molecule has 37 heavy (non-hydrogen) atoms. The average Bonchev–Trinajstić information content (AvgIpc) is 2.92. The number of rotatable bonds is 9. The van der Waals surface area contributed by atoms with Gasteiger partial charge in [-0.3, -0.25) is 0 Å². The first-order valence-electron chi connectivity index (χ1n) is 12.2. The highest BCUT2D eigenvalue weighted by molar-refractivity contribution is 6.04. The van der Waals surface area contributed by atoms with Crippen molar-refractivity contribution < 1.29 is 27.8 Å². The molecule has 9 heteroatoms. The molecule has 0 radical (unpaired) electrons. The van der Waals surface area contributed by atoms with Crippen LogP contribution in [0.25, 0.3) is 17.0 Å². The van der Waals surface area contributed by atoms with Crippen LogP contribution in [0.3, 0.4) is 0 Å². The number of halogens is 2. The Morgan fingerprint density at radius 2 is 2.05 bits per heavy atom. The minimum Gasteiger partial charge on any atom is -0.481 e. The van der Waals surface area contributed by atoms with E-state index in [1.807, 2.05) is 6.07 Å². The van der Waals surface area contributed by atoms with Gasteiger partial charge in [-0.2, -0.15) is 0 Å². The number of nitrogens with two attached hydrogens (primary N) is 1. The Balaban J connectivity index is 1.34. The smallest absolute Gasteiger partial charge is 0.338 e. The molecule has 3 N–H and O–H groups in total. The van der Waals surface area contributed by atoms with Gasteiger partial charge in [-0.25, -0.2) is 18.6 Å². The van der Waals surface area contributed by atoms with Gasteiger partial charge < -0.3 is 25.3 Å². The zero-order valence-electron chi connectivity index (χ0n) is 20.9. The van der Waals surface area contributed by atoms with E-state index in [9.17, 15) is 13.6 Å². The van der Waals surface area contributed by atoms with Gasteiger partial charge in [0, 0.05) is 35.6 Å². The molecule has 7 nitrogen and oxygen atoms in total. The van der Waals surface area contributed by atoms with Gasteiger partial charge in [-0.1, -0.05) is 18.2 Å². The van der Waals surface area contributed by atoms with E-state index in [1.54, 1.807) is 37.5 Å². The SMILES string of the molecule is COC(=O)c1ccc(C[C@H](N)C2CCC(NC/C=C/c3cc(F)ccc3F)CO2)c2nc(OC)ccc12. The second kappa shape index (κ2) is 12.2. The molecular formula is C28H31F2N3O4. The first-order chi connectivity index (χ1) is 17.9. The Bertz CT molecular complexity index is 1280. The van der Waals surface area contributed by atoms with Crippen molar-refractivity contribution in [2.24, 2.45) is 5.73 Å². The summed E-state index contributed by atoms with van der Waals surface area (Å²) in [5, 5.41) is 4.04. The normalized spacial score (nSPS) is 18.7. The minimum atomic E-state index is -0.473. The van der Waals surface area contributed by atoms with Crippen LogP contribution >= 0.6 is 0 Å². The van der Waals surface area contributed by atoms with Crippen LogP contribution in [0.5, 0.6) is 5.88 Å². The van der Waals surface area contributed by atoms with E-state index in [2.05, 4.69) is 10.3 Å². The second-order valence-corrected chi connectivity index (χ2v) is 9.00. The van der Waals surface area contributed by atoms with Crippen molar-refractivity contribution in [2.75, 3.05) is 27.4 Å². The van der Waals surface area contributed by atoms with Crippen LogP contribution in [-0.2, 0) is 15.9 Å². The molecule has 0 bridgehead atoms. The van der Waals surface area contributed by atoms with Crippen LogP contribution in [0.2, 0.25) is 0 Å².